The molecule has 3 aromatic carbocycles. The Balaban J connectivity index is 1.54. The number of imide groups is 1. The number of carbonyl (C=O) groups is 3. The Morgan fingerprint density at radius 3 is 2.44 bits per heavy atom. The number of alkyl halides is 3. The first-order valence-electron chi connectivity index (χ1n) is 12.7. The van der Waals surface area contributed by atoms with Crippen molar-refractivity contribution in [3.05, 3.63) is 91.9 Å². The molecule has 0 saturated carbocycles. The fraction of sp³-hybridized carbons (Fsp3) is 0.207. The lowest BCUT2D eigenvalue weighted by Gasteiger charge is -2.14. The van der Waals surface area contributed by atoms with E-state index in [4.69, 9.17) is 9.47 Å². The van der Waals surface area contributed by atoms with Crippen LogP contribution in [0.2, 0.25) is 0 Å². The molecular weight excluding hydrogens is 591 g/mol. The molecule has 1 saturated heterocycles. The summed E-state index contributed by atoms with van der Waals surface area (Å²) in [6.07, 6.45) is -3.38. The number of anilines is 1. The summed E-state index contributed by atoms with van der Waals surface area (Å²) in [6, 6.07) is 11.7. The summed E-state index contributed by atoms with van der Waals surface area (Å²) in [7, 11) is 0. The van der Waals surface area contributed by atoms with Gasteiger partial charge in [-0.3, -0.25) is 29.4 Å². The van der Waals surface area contributed by atoms with Gasteiger partial charge in [0.1, 0.15) is 6.54 Å². The van der Waals surface area contributed by atoms with E-state index in [1.54, 1.807) is 13.0 Å². The molecule has 14 heteroatoms. The standard InChI is InChI=1S/C29H24F3N3O7S/c1-4-41-24-12-18(7-9-23(24)42-22-10-8-19(29(30,31)32)14-21(22)35(39)40)13-25-27(37)34(28(38)43-25)15-26(36)33-20-11-16(2)5-6-17(20)3/h5-14H,4,15H2,1-3H3,(H,33,36)/b25-13+. The zero-order chi connectivity index (χ0) is 31.5. The van der Waals surface area contributed by atoms with Gasteiger partial charge in [-0.25, -0.2) is 0 Å². The number of nitro benzene ring substituents is 1. The Morgan fingerprint density at radius 2 is 1.77 bits per heavy atom. The van der Waals surface area contributed by atoms with E-state index in [9.17, 15) is 37.7 Å². The van der Waals surface area contributed by atoms with Crippen LogP contribution < -0.4 is 14.8 Å². The molecule has 0 aliphatic carbocycles. The third kappa shape index (κ3) is 7.33. The topological polar surface area (TPSA) is 128 Å². The van der Waals surface area contributed by atoms with Crippen LogP contribution in [0, 0.1) is 24.0 Å². The van der Waals surface area contributed by atoms with Crippen LogP contribution >= 0.6 is 11.8 Å². The molecule has 224 valence electrons. The van der Waals surface area contributed by atoms with Crippen molar-refractivity contribution in [3.63, 3.8) is 0 Å². The van der Waals surface area contributed by atoms with Crippen LogP contribution in [0.4, 0.5) is 29.3 Å². The van der Waals surface area contributed by atoms with Gasteiger partial charge < -0.3 is 14.8 Å². The minimum atomic E-state index is -4.79. The highest BCUT2D eigenvalue weighted by Crippen LogP contribution is 2.41. The number of amides is 3. The monoisotopic (exact) mass is 615 g/mol. The Labute approximate surface area is 247 Å². The minimum absolute atomic E-state index is 0.0296. The van der Waals surface area contributed by atoms with Crippen molar-refractivity contribution in [2.45, 2.75) is 26.9 Å². The lowest BCUT2D eigenvalue weighted by atomic mass is 10.1. The number of hydrogen-bond acceptors (Lipinski definition) is 8. The molecular formula is C29H24F3N3O7S. The number of thioether (sulfide) groups is 1. The number of rotatable bonds is 9. The maximum absolute atomic E-state index is 13.1. The van der Waals surface area contributed by atoms with Gasteiger partial charge in [-0.05, 0) is 85.6 Å². The smallest absolute Gasteiger partial charge is 0.416 e. The van der Waals surface area contributed by atoms with E-state index in [1.807, 2.05) is 26.0 Å². The highest BCUT2D eigenvalue weighted by Gasteiger charge is 2.37. The zero-order valence-corrected chi connectivity index (χ0v) is 23.8. The molecule has 43 heavy (non-hydrogen) atoms. The number of nitrogens with one attached hydrogen (secondary N) is 1. The summed E-state index contributed by atoms with van der Waals surface area (Å²) in [5, 5.41) is 13.5. The van der Waals surface area contributed by atoms with Crippen molar-refractivity contribution >= 4 is 46.3 Å². The average Bonchev–Trinajstić information content (AvgIpc) is 3.18. The van der Waals surface area contributed by atoms with Gasteiger partial charge >= 0.3 is 11.9 Å². The number of carbonyl (C=O) groups excluding carboxylic acids is 3. The van der Waals surface area contributed by atoms with Gasteiger partial charge in [0, 0.05) is 11.8 Å². The summed E-state index contributed by atoms with van der Waals surface area (Å²) in [4.78, 5) is 49.5. The molecule has 1 fully saturated rings. The van der Waals surface area contributed by atoms with E-state index in [-0.39, 0.29) is 23.0 Å². The van der Waals surface area contributed by atoms with E-state index in [0.717, 1.165) is 22.1 Å². The maximum atomic E-state index is 13.1. The molecule has 1 N–H and O–H groups in total. The quantitative estimate of drug-likeness (QED) is 0.153. The summed E-state index contributed by atoms with van der Waals surface area (Å²) in [5.74, 6) is -1.61. The second kappa shape index (κ2) is 12.6. The zero-order valence-electron chi connectivity index (χ0n) is 23.0. The number of ether oxygens (including phenoxy) is 2. The molecule has 0 unspecified atom stereocenters. The van der Waals surface area contributed by atoms with Crippen LogP contribution in [0.1, 0.15) is 29.2 Å². The molecule has 4 rings (SSSR count). The SMILES string of the molecule is CCOc1cc(/C=C2/SC(=O)N(CC(=O)Nc3cc(C)ccc3C)C2=O)ccc1Oc1ccc(C(F)(F)F)cc1[N+](=O)[O-]. The predicted molar refractivity (Wildman–Crippen MR) is 153 cm³/mol. The normalized spacial score (nSPS) is 14.3. The third-order valence-corrected chi connectivity index (χ3v) is 7.02. The van der Waals surface area contributed by atoms with E-state index < -0.39 is 51.7 Å². The number of hydrogen-bond donors (Lipinski definition) is 1. The molecule has 3 amide bonds. The van der Waals surface area contributed by atoms with Crippen molar-refractivity contribution in [2.24, 2.45) is 0 Å². The minimum Gasteiger partial charge on any atom is -0.490 e. The van der Waals surface area contributed by atoms with Crippen molar-refractivity contribution in [1.29, 1.82) is 0 Å². The van der Waals surface area contributed by atoms with Gasteiger partial charge in [0.2, 0.25) is 11.7 Å². The van der Waals surface area contributed by atoms with E-state index in [0.29, 0.717) is 35.1 Å². The molecule has 1 heterocycles. The van der Waals surface area contributed by atoms with Gasteiger partial charge in [0.05, 0.1) is 22.0 Å². The van der Waals surface area contributed by atoms with Gasteiger partial charge in [0.25, 0.3) is 11.1 Å². The van der Waals surface area contributed by atoms with Gasteiger partial charge in [-0.2, -0.15) is 13.2 Å². The first-order valence-corrected chi connectivity index (χ1v) is 13.5. The highest BCUT2D eigenvalue weighted by atomic mass is 32.2. The lowest BCUT2D eigenvalue weighted by Crippen LogP contribution is -2.36. The molecule has 10 nitrogen and oxygen atoms in total. The van der Waals surface area contributed by atoms with Gasteiger partial charge in [-0.1, -0.05) is 18.2 Å². The predicted octanol–water partition coefficient (Wildman–Crippen LogP) is 7.10. The summed E-state index contributed by atoms with van der Waals surface area (Å²) in [6.45, 7) is 4.99. The van der Waals surface area contributed by atoms with Crippen LogP contribution in [0.5, 0.6) is 17.2 Å². The molecule has 0 bridgehead atoms. The number of halogens is 3. The summed E-state index contributed by atoms with van der Waals surface area (Å²) in [5.41, 5.74) is 0.608. The van der Waals surface area contributed by atoms with Crippen LogP contribution in [-0.4, -0.2) is 40.0 Å². The van der Waals surface area contributed by atoms with Crippen LogP contribution in [0.3, 0.4) is 0 Å². The van der Waals surface area contributed by atoms with E-state index in [2.05, 4.69) is 5.32 Å². The van der Waals surface area contributed by atoms with Gasteiger partial charge in [0.15, 0.2) is 11.5 Å². The van der Waals surface area contributed by atoms with E-state index >= 15 is 0 Å². The molecule has 0 spiro atoms. The highest BCUT2D eigenvalue weighted by molar-refractivity contribution is 8.18. The molecule has 3 aromatic rings. The second-order valence-corrected chi connectivity index (χ2v) is 10.3. The fourth-order valence-electron chi connectivity index (χ4n) is 4.00. The van der Waals surface area contributed by atoms with Gasteiger partial charge in [-0.15, -0.1) is 0 Å². The fourth-order valence-corrected chi connectivity index (χ4v) is 4.84. The molecule has 1 aliphatic heterocycles. The number of nitrogens with zero attached hydrogens (tertiary/aromatic N) is 2. The Kier molecular flexibility index (Phi) is 9.09. The Hall–Kier alpha value is -4.85. The first-order chi connectivity index (χ1) is 20.3. The molecule has 1 aliphatic rings. The average molecular weight is 616 g/mol. The number of aryl methyl sites for hydroxylation is 2. The number of nitro groups is 1. The number of benzene rings is 3. The molecule has 0 aromatic heterocycles. The van der Waals surface area contributed by atoms with Crippen molar-refractivity contribution in [3.8, 4) is 17.2 Å². The largest absolute Gasteiger partial charge is 0.490 e. The summed E-state index contributed by atoms with van der Waals surface area (Å²) >= 11 is 0.645. The van der Waals surface area contributed by atoms with Crippen molar-refractivity contribution in [1.82, 2.24) is 4.90 Å². The van der Waals surface area contributed by atoms with Crippen LogP contribution in [0.25, 0.3) is 6.08 Å². The Bertz CT molecular complexity index is 1660. The van der Waals surface area contributed by atoms with Crippen molar-refractivity contribution in [2.75, 3.05) is 18.5 Å². The lowest BCUT2D eigenvalue weighted by molar-refractivity contribution is -0.385. The third-order valence-electron chi connectivity index (χ3n) is 6.11. The van der Waals surface area contributed by atoms with Crippen LogP contribution in [-0.2, 0) is 15.8 Å². The van der Waals surface area contributed by atoms with Crippen LogP contribution in [0.15, 0.2) is 59.5 Å². The van der Waals surface area contributed by atoms with Crippen molar-refractivity contribution < 1.29 is 42.0 Å². The van der Waals surface area contributed by atoms with E-state index in [1.165, 1.54) is 24.3 Å². The summed E-state index contributed by atoms with van der Waals surface area (Å²) < 4.78 is 50.3. The first kappa shape index (κ1) is 31.1. The second-order valence-electron chi connectivity index (χ2n) is 9.31. The maximum Gasteiger partial charge on any atom is 0.416 e. The Morgan fingerprint density at radius 1 is 1.05 bits per heavy atom. The molecule has 0 radical (unpaired) electrons. The molecule has 0 atom stereocenters.